The van der Waals surface area contributed by atoms with Crippen molar-refractivity contribution in [2.24, 2.45) is 4.99 Å². The molecule has 0 atom stereocenters. The van der Waals surface area contributed by atoms with Gasteiger partial charge < -0.3 is 20.1 Å². The average Bonchev–Trinajstić information content (AvgIpc) is 3.16. The number of thiophene rings is 1. The van der Waals surface area contributed by atoms with Gasteiger partial charge in [0.05, 0.1) is 20.2 Å². The first kappa shape index (κ1) is 22.1. The molecule has 0 radical (unpaired) electrons. The quantitative estimate of drug-likeness (QED) is 0.260. The Bertz CT molecular complexity index is 727. The van der Waals surface area contributed by atoms with Crippen molar-refractivity contribution in [3.63, 3.8) is 0 Å². The molecule has 2 N–H and O–H groups in total. The molecule has 0 aliphatic rings. The van der Waals surface area contributed by atoms with E-state index in [4.69, 9.17) is 15.9 Å². The highest BCUT2D eigenvalue weighted by molar-refractivity contribution is 14.0. The number of aliphatic imine (C=N–C) groups is 1. The summed E-state index contributed by atoms with van der Waals surface area (Å²) in [4.78, 5) is 5.89. The highest BCUT2D eigenvalue weighted by Gasteiger charge is 2.06. The minimum atomic E-state index is 0. The fourth-order valence-electron chi connectivity index (χ4n) is 2.15. The summed E-state index contributed by atoms with van der Waals surface area (Å²) in [7, 11) is 1.60. The van der Waals surface area contributed by atoms with Crippen LogP contribution in [-0.4, -0.2) is 26.2 Å². The summed E-state index contributed by atoms with van der Waals surface area (Å²) in [5, 5.41) is 8.65. The molecule has 0 unspecified atom stereocenters. The standard InChI is InChI=1S/C19H23N3O2S.HI/c1-4-10-24-18-12-15(8-9-17(18)23-3)13-21-19(20-5-2)22-14-16-7-6-11-25-16;/h1,6-9,11-12H,5,10,13-14H2,2-3H3,(H2,20,21,22);1H. The lowest BCUT2D eigenvalue weighted by molar-refractivity contribution is 0.330. The molecule has 0 saturated carbocycles. The molecule has 26 heavy (non-hydrogen) atoms. The van der Waals surface area contributed by atoms with E-state index in [-0.39, 0.29) is 30.6 Å². The number of halogens is 1. The molecule has 1 aromatic heterocycles. The first-order valence-electron chi connectivity index (χ1n) is 8.04. The summed E-state index contributed by atoms with van der Waals surface area (Å²) in [6, 6.07) is 9.87. The largest absolute Gasteiger partial charge is 0.493 e. The summed E-state index contributed by atoms with van der Waals surface area (Å²) in [6.45, 7) is 4.32. The third-order valence-corrected chi connectivity index (χ3v) is 4.19. The van der Waals surface area contributed by atoms with Crippen LogP contribution in [0.3, 0.4) is 0 Å². The van der Waals surface area contributed by atoms with Gasteiger partial charge in [-0.05, 0) is 36.1 Å². The Kier molecular flexibility index (Phi) is 10.6. The molecule has 140 valence electrons. The lowest BCUT2D eigenvalue weighted by Crippen LogP contribution is -2.36. The van der Waals surface area contributed by atoms with Crippen molar-refractivity contribution >= 4 is 41.3 Å². The summed E-state index contributed by atoms with van der Waals surface area (Å²) in [5.74, 6) is 4.52. The molecule has 0 fully saturated rings. The predicted octanol–water partition coefficient (Wildman–Crippen LogP) is 3.64. The van der Waals surface area contributed by atoms with Crippen LogP contribution in [0, 0.1) is 12.3 Å². The molecule has 0 saturated heterocycles. The van der Waals surface area contributed by atoms with Gasteiger partial charge in [0, 0.05) is 11.4 Å². The van der Waals surface area contributed by atoms with Gasteiger partial charge in [-0.1, -0.05) is 18.1 Å². The Labute approximate surface area is 176 Å². The number of hydrogen-bond acceptors (Lipinski definition) is 4. The van der Waals surface area contributed by atoms with Gasteiger partial charge in [-0.2, -0.15) is 0 Å². The number of ether oxygens (including phenoxy) is 2. The summed E-state index contributed by atoms with van der Waals surface area (Å²) < 4.78 is 10.8. The number of guanidine groups is 1. The Hall–Kier alpha value is -1.92. The molecule has 0 aliphatic heterocycles. The molecule has 0 amide bonds. The van der Waals surface area contributed by atoms with Crippen molar-refractivity contribution in [1.82, 2.24) is 10.6 Å². The molecule has 2 rings (SSSR count). The number of benzene rings is 1. The maximum atomic E-state index is 5.53. The van der Waals surface area contributed by atoms with Crippen molar-refractivity contribution in [2.45, 2.75) is 20.0 Å². The summed E-state index contributed by atoms with van der Waals surface area (Å²) in [5.41, 5.74) is 1.01. The van der Waals surface area contributed by atoms with Gasteiger partial charge in [-0.15, -0.1) is 41.7 Å². The van der Waals surface area contributed by atoms with E-state index >= 15 is 0 Å². The van der Waals surface area contributed by atoms with Crippen LogP contribution >= 0.6 is 35.3 Å². The number of hydrogen-bond donors (Lipinski definition) is 2. The molecule has 1 aromatic carbocycles. The average molecular weight is 485 g/mol. The number of terminal acetylenes is 1. The number of rotatable bonds is 8. The second kappa shape index (κ2) is 12.4. The highest BCUT2D eigenvalue weighted by atomic mass is 127. The van der Waals surface area contributed by atoms with Gasteiger partial charge in [0.25, 0.3) is 0 Å². The van der Waals surface area contributed by atoms with E-state index in [1.54, 1.807) is 18.4 Å². The van der Waals surface area contributed by atoms with Gasteiger partial charge in [0.15, 0.2) is 17.5 Å². The van der Waals surface area contributed by atoms with Gasteiger partial charge in [-0.3, -0.25) is 0 Å². The first-order chi connectivity index (χ1) is 12.3. The number of nitrogens with one attached hydrogen (secondary N) is 2. The lowest BCUT2D eigenvalue weighted by atomic mass is 10.2. The Morgan fingerprint density at radius 1 is 1.27 bits per heavy atom. The Morgan fingerprint density at radius 2 is 2.12 bits per heavy atom. The smallest absolute Gasteiger partial charge is 0.191 e. The second-order valence-corrected chi connectivity index (χ2v) is 6.14. The zero-order chi connectivity index (χ0) is 17.9. The van der Waals surface area contributed by atoms with Crippen LogP contribution in [0.2, 0.25) is 0 Å². The molecule has 0 aliphatic carbocycles. The van der Waals surface area contributed by atoms with E-state index in [2.05, 4.69) is 33.0 Å². The molecule has 2 aromatic rings. The third kappa shape index (κ3) is 7.14. The zero-order valence-corrected chi connectivity index (χ0v) is 18.1. The van der Waals surface area contributed by atoms with Crippen molar-refractivity contribution in [2.75, 3.05) is 20.3 Å². The Morgan fingerprint density at radius 3 is 2.77 bits per heavy atom. The molecular weight excluding hydrogens is 461 g/mol. The zero-order valence-electron chi connectivity index (χ0n) is 15.0. The molecule has 1 heterocycles. The lowest BCUT2D eigenvalue weighted by Gasteiger charge is -2.12. The number of nitrogens with zero attached hydrogens (tertiary/aromatic N) is 1. The van der Waals surface area contributed by atoms with E-state index < -0.39 is 0 Å². The van der Waals surface area contributed by atoms with Crippen molar-refractivity contribution in [3.8, 4) is 23.8 Å². The molecular formula is C19H24IN3O2S. The first-order valence-corrected chi connectivity index (χ1v) is 8.92. The van der Waals surface area contributed by atoms with Crippen LogP contribution in [0.25, 0.3) is 0 Å². The van der Waals surface area contributed by atoms with Crippen molar-refractivity contribution in [1.29, 1.82) is 0 Å². The van der Waals surface area contributed by atoms with Crippen LogP contribution < -0.4 is 20.1 Å². The normalized spacial score (nSPS) is 10.4. The predicted molar refractivity (Wildman–Crippen MR) is 119 cm³/mol. The summed E-state index contributed by atoms with van der Waals surface area (Å²) >= 11 is 1.72. The van der Waals surface area contributed by atoms with Crippen molar-refractivity contribution in [3.05, 3.63) is 46.2 Å². The maximum Gasteiger partial charge on any atom is 0.191 e. The number of methoxy groups -OCH3 is 1. The summed E-state index contributed by atoms with van der Waals surface area (Å²) in [6.07, 6.45) is 5.26. The molecule has 7 heteroatoms. The van der Waals surface area contributed by atoms with Gasteiger partial charge in [0.1, 0.15) is 6.61 Å². The van der Waals surface area contributed by atoms with Crippen LogP contribution in [0.15, 0.2) is 40.7 Å². The topological polar surface area (TPSA) is 54.9 Å². The molecule has 5 nitrogen and oxygen atoms in total. The monoisotopic (exact) mass is 485 g/mol. The minimum Gasteiger partial charge on any atom is -0.493 e. The molecule has 0 spiro atoms. The van der Waals surface area contributed by atoms with Crippen molar-refractivity contribution < 1.29 is 9.47 Å². The van der Waals surface area contributed by atoms with E-state index in [1.165, 1.54) is 4.88 Å². The van der Waals surface area contributed by atoms with Gasteiger partial charge >= 0.3 is 0 Å². The SMILES string of the molecule is C#CCOc1cc(CN=C(NCC)NCc2cccs2)ccc1OC.I. The minimum absolute atomic E-state index is 0. The maximum absolute atomic E-state index is 5.53. The fraction of sp³-hybridized carbons (Fsp3) is 0.316. The fourth-order valence-corrected chi connectivity index (χ4v) is 2.79. The van der Waals surface area contributed by atoms with Gasteiger partial charge in [-0.25, -0.2) is 4.99 Å². The Balaban J connectivity index is 0.00000338. The van der Waals surface area contributed by atoms with Crippen LogP contribution in [0.5, 0.6) is 11.5 Å². The van der Waals surface area contributed by atoms with Crippen LogP contribution in [0.4, 0.5) is 0 Å². The highest BCUT2D eigenvalue weighted by Crippen LogP contribution is 2.28. The van der Waals surface area contributed by atoms with E-state index in [0.29, 0.717) is 18.0 Å². The molecule has 0 bridgehead atoms. The second-order valence-electron chi connectivity index (χ2n) is 5.11. The van der Waals surface area contributed by atoms with E-state index in [0.717, 1.165) is 24.6 Å². The van der Waals surface area contributed by atoms with Gasteiger partial charge in [0.2, 0.25) is 0 Å². The van der Waals surface area contributed by atoms with E-state index in [1.807, 2.05) is 31.2 Å². The van der Waals surface area contributed by atoms with Crippen LogP contribution in [-0.2, 0) is 13.1 Å². The van der Waals surface area contributed by atoms with Crippen LogP contribution in [0.1, 0.15) is 17.4 Å². The van der Waals surface area contributed by atoms with E-state index in [9.17, 15) is 0 Å². The third-order valence-electron chi connectivity index (χ3n) is 3.31.